The number of carbonyl (C=O) groups excluding carboxylic acids is 1. The van der Waals surface area contributed by atoms with Crippen LogP contribution in [-0.2, 0) is 9.53 Å². The van der Waals surface area contributed by atoms with Gasteiger partial charge in [-0.15, -0.1) is 0 Å². The summed E-state index contributed by atoms with van der Waals surface area (Å²) in [4.78, 5) is 19.3. The van der Waals surface area contributed by atoms with Gasteiger partial charge in [0.05, 0.1) is 21.9 Å². The van der Waals surface area contributed by atoms with Crippen LogP contribution in [-0.4, -0.2) is 42.2 Å². The van der Waals surface area contributed by atoms with Crippen molar-refractivity contribution >= 4 is 32.6 Å². The maximum atomic E-state index is 12.1. The number of carbonyl (C=O) groups is 1. The summed E-state index contributed by atoms with van der Waals surface area (Å²) in [6, 6.07) is 8.35. The van der Waals surface area contributed by atoms with Gasteiger partial charge in [0.25, 0.3) is 0 Å². The molecule has 6 rings (SSSR count). The third kappa shape index (κ3) is 2.24. The second kappa shape index (κ2) is 5.42. The van der Waals surface area contributed by atoms with Crippen molar-refractivity contribution in [3.05, 3.63) is 24.3 Å². The highest BCUT2D eigenvalue weighted by atomic mass is 32.1. The standard InChI is InChI=1S/C20H23N3O2S/c24-18(12-5-6-12)21-9-13-14-10-23(11-20(14)8-7-16(13)25-20)19-22-15-3-1-2-4-17(15)26-19/h1-4,12-14,16H,5-11H2,(H,21,24)/t13-,14+,16+,20+/m0/s1. The predicted octanol–water partition coefficient (Wildman–Crippen LogP) is 2.81. The van der Waals surface area contributed by atoms with Gasteiger partial charge in [0.1, 0.15) is 0 Å². The van der Waals surface area contributed by atoms with Crippen molar-refractivity contribution in [1.82, 2.24) is 10.3 Å². The number of hydrogen-bond acceptors (Lipinski definition) is 5. The van der Waals surface area contributed by atoms with Gasteiger partial charge in [-0.25, -0.2) is 4.98 Å². The number of hydrogen-bond donors (Lipinski definition) is 1. The molecular weight excluding hydrogens is 346 g/mol. The number of nitrogens with one attached hydrogen (secondary N) is 1. The van der Waals surface area contributed by atoms with E-state index >= 15 is 0 Å². The zero-order chi connectivity index (χ0) is 17.3. The molecule has 2 bridgehead atoms. The van der Waals surface area contributed by atoms with Crippen molar-refractivity contribution in [2.24, 2.45) is 17.8 Å². The summed E-state index contributed by atoms with van der Waals surface area (Å²) < 4.78 is 7.76. The maximum Gasteiger partial charge on any atom is 0.223 e. The Hall–Kier alpha value is -1.66. The molecule has 4 fully saturated rings. The Labute approximate surface area is 156 Å². The van der Waals surface area contributed by atoms with Crippen molar-refractivity contribution in [2.45, 2.75) is 37.4 Å². The molecule has 136 valence electrons. The van der Waals surface area contributed by atoms with Gasteiger partial charge >= 0.3 is 0 Å². The quantitative estimate of drug-likeness (QED) is 0.900. The highest BCUT2D eigenvalue weighted by molar-refractivity contribution is 7.22. The highest BCUT2D eigenvalue weighted by Gasteiger charge is 2.63. The fourth-order valence-electron chi connectivity index (χ4n) is 5.31. The van der Waals surface area contributed by atoms with Crippen LogP contribution in [0.3, 0.4) is 0 Å². The summed E-state index contributed by atoms with van der Waals surface area (Å²) in [5.41, 5.74) is 1.07. The molecule has 1 saturated carbocycles. The van der Waals surface area contributed by atoms with Crippen LogP contribution < -0.4 is 10.2 Å². The molecule has 4 aliphatic rings. The number of ether oxygens (including phenoxy) is 1. The van der Waals surface area contributed by atoms with Crippen LogP contribution in [0.1, 0.15) is 25.7 Å². The number of fused-ring (bicyclic) bond motifs is 2. The van der Waals surface area contributed by atoms with Crippen LogP contribution >= 0.6 is 11.3 Å². The molecule has 3 aliphatic heterocycles. The molecule has 1 spiro atoms. The minimum atomic E-state index is -0.0164. The van der Waals surface area contributed by atoms with E-state index in [1.807, 2.05) is 6.07 Å². The van der Waals surface area contributed by atoms with E-state index in [0.29, 0.717) is 17.9 Å². The Morgan fingerprint density at radius 2 is 2.23 bits per heavy atom. The van der Waals surface area contributed by atoms with Gasteiger partial charge in [0.15, 0.2) is 5.13 Å². The van der Waals surface area contributed by atoms with Crippen LogP contribution in [0.4, 0.5) is 5.13 Å². The van der Waals surface area contributed by atoms with Crippen molar-refractivity contribution in [3.63, 3.8) is 0 Å². The molecule has 4 atom stereocenters. The molecule has 1 amide bonds. The van der Waals surface area contributed by atoms with Gasteiger partial charge in [-0.1, -0.05) is 23.5 Å². The number of para-hydroxylation sites is 1. The number of thiazole rings is 1. The highest BCUT2D eigenvalue weighted by Crippen LogP contribution is 2.55. The smallest absolute Gasteiger partial charge is 0.223 e. The Bertz CT molecular complexity index is 846. The van der Waals surface area contributed by atoms with Crippen LogP contribution in [0.15, 0.2) is 24.3 Å². The normalized spacial score (nSPS) is 35.2. The van der Waals surface area contributed by atoms with Crippen molar-refractivity contribution < 1.29 is 9.53 Å². The van der Waals surface area contributed by atoms with E-state index in [1.165, 1.54) is 4.70 Å². The summed E-state index contributed by atoms with van der Waals surface area (Å²) in [7, 11) is 0. The fourth-order valence-corrected chi connectivity index (χ4v) is 6.29. The summed E-state index contributed by atoms with van der Waals surface area (Å²) in [6.45, 7) is 2.72. The molecule has 0 radical (unpaired) electrons. The Morgan fingerprint density at radius 1 is 1.35 bits per heavy atom. The van der Waals surface area contributed by atoms with Crippen LogP contribution in [0.2, 0.25) is 0 Å². The van der Waals surface area contributed by atoms with Crippen LogP contribution in [0.5, 0.6) is 0 Å². The second-order valence-corrected chi connectivity index (χ2v) is 9.40. The molecule has 1 aromatic heterocycles. The molecule has 3 saturated heterocycles. The number of rotatable bonds is 4. The summed E-state index contributed by atoms with van der Waals surface area (Å²) in [6.07, 6.45) is 4.74. The first-order valence-electron chi connectivity index (χ1n) is 9.78. The lowest BCUT2D eigenvalue weighted by molar-refractivity contribution is -0.122. The van der Waals surface area contributed by atoms with Crippen molar-refractivity contribution in [3.8, 4) is 0 Å². The molecule has 1 aromatic carbocycles. The molecule has 1 N–H and O–H groups in total. The van der Waals surface area contributed by atoms with E-state index in [2.05, 4.69) is 28.4 Å². The van der Waals surface area contributed by atoms with Gasteiger partial charge in [-0.2, -0.15) is 0 Å². The average molecular weight is 369 g/mol. The number of amides is 1. The molecule has 26 heavy (non-hydrogen) atoms. The monoisotopic (exact) mass is 369 g/mol. The lowest BCUT2D eigenvalue weighted by Gasteiger charge is -2.29. The molecular formula is C20H23N3O2S. The average Bonchev–Trinajstić information content (AvgIpc) is 3.03. The zero-order valence-corrected chi connectivity index (χ0v) is 15.5. The third-order valence-electron chi connectivity index (χ3n) is 6.80. The largest absolute Gasteiger partial charge is 0.369 e. The van der Waals surface area contributed by atoms with E-state index in [4.69, 9.17) is 9.72 Å². The van der Waals surface area contributed by atoms with E-state index in [1.54, 1.807) is 11.3 Å². The SMILES string of the molecule is O=C(NC[C@H]1[C@H]2CN(c3nc4ccccc4s3)C[C@]23CC[C@H]1O3)C1CC1. The number of aromatic nitrogens is 1. The Morgan fingerprint density at radius 3 is 3.08 bits per heavy atom. The lowest BCUT2D eigenvalue weighted by atomic mass is 9.73. The van der Waals surface area contributed by atoms with E-state index in [-0.39, 0.29) is 17.4 Å². The minimum absolute atomic E-state index is 0.0164. The van der Waals surface area contributed by atoms with E-state index < -0.39 is 0 Å². The van der Waals surface area contributed by atoms with Crippen molar-refractivity contribution in [1.29, 1.82) is 0 Å². The lowest BCUT2D eigenvalue weighted by Crippen LogP contribution is -2.42. The number of nitrogens with zero attached hydrogens (tertiary/aromatic N) is 2. The third-order valence-corrected chi connectivity index (χ3v) is 7.89. The Kier molecular flexibility index (Phi) is 3.21. The molecule has 5 nitrogen and oxygen atoms in total. The molecule has 4 heterocycles. The summed E-state index contributed by atoms with van der Waals surface area (Å²) in [5, 5.41) is 4.32. The maximum absolute atomic E-state index is 12.1. The first-order valence-corrected chi connectivity index (χ1v) is 10.6. The summed E-state index contributed by atoms with van der Waals surface area (Å²) >= 11 is 1.78. The van der Waals surface area contributed by atoms with Crippen LogP contribution in [0.25, 0.3) is 10.2 Å². The first kappa shape index (κ1) is 15.4. The summed E-state index contributed by atoms with van der Waals surface area (Å²) in [5.74, 6) is 1.49. The molecule has 6 heteroatoms. The van der Waals surface area contributed by atoms with Crippen molar-refractivity contribution in [2.75, 3.05) is 24.5 Å². The van der Waals surface area contributed by atoms with E-state index in [0.717, 1.165) is 56.0 Å². The zero-order valence-electron chi connectivity index (χ0n) is 14.7. The first-order chi connectivity index (χ1) is 12.7. The van der Waals surface area contributed by atoms with Gasteiger partial charge in [0.2, 0.25) is 5.91 Å². The minimum Gasteiger partial charge on any atom is -0.369 e. The van der Waals surface area contributed by atoms with E-state index in [9.17, 15) is 4.79 Å². The van der Waals surface area contributed by atoms with Gasteiger partial charge < -0.3 is 15.0 Å². The van der Waals surface area contributed by atoms with Gasteiger partial charge in [-0.3, -0.25) is 4.79 Å². The Balaban J connectivity index is 1.23. The topological polar surface area (TPSA) is 54.5 Å². The predicted molar refractivity (Wildman–Crippen MR) is 101 cm³/mol. The second-order valence-electron chi connectivity index (χ2n) is 8.39. The van der Waals surface area contributed by atoms with Gasteiger partial charge in [0, 0.05) is 37.4 Å². The molecule has 2 aromatic rings. The van der Waals surface area contributed by atoms with Gasteiger partial charge in [-0.05, 0) is 37.8 Å². The number of benzene rings is 1. The molecule has 0 unspecified atom stereocenters. The van der Waals surface area contributed by atoms with Crippen LogP contribution in [0, 0.1) is 17.8 Å². The number of anilines is 1. The molecule has 1 aliphatic carbocycles. The fraction of sp³-hybridized carbons (Fsp3) is 0.600.